The monoisotopic (exact) mass is 539 g/mol. The van der Waals surface area contributed by atoms with E-state index in [1.807, 2.05) is 84.9 Å². The van der Waals surface area contributed by atoms with Gasteiger partial charge in [-0.25, -0.2) is 4.79 Å². The molecule has 0 aliphatic carbocycles. The molecule has 0 radical (unpaired) electrons. The highest BCUT2D eigenvalue weighted by Gasteiger charge is 2.42. The van der Waals surface area contributed by atoms with Crippen LogP contribution in [0.3, 0.4) is 0 Å². The molecule has 0 spiro atoms. The lowest BCUT2D eigenvalue weighted by Gasteiger charge is -2.37. The van der Waals surface area contributed by atoms with Crippen molar-refractivity contribution in [3.8, 4) is 5.75 Å². The number of hydrogen-bond acceptors (Lipinski definition) is 6. The summed E-state index contributed by atoms with van der Waals surface area (Å²) < 4.78 is 19.9. The number of methoxy groups -OCH3 is 1. The first kappa shape index (κ1) is 27.0. The minimum atomic E-state index is -1.04. The summed E-state index contributed by atoms with van der Waals surface area (Å²) in [5.41, 5.74) is 10.2. The van der Waals surface area contributed by atoms with Crippen LogP contribution in [0.25, 0.3) is 10.4 Å². The van der Waals surface area contributed by atoms with Crippen molar-refractivity contribution in [2.75, 3.05) is 13.7 Å². The molecule has 0 saturated carbocycles. The van der Waals surface area contributed by atoms with Crippen molar-refractivity contribution in [2.45, 2.75) is 37.3 Å². The van der Waals surface area contributed by atoms with E-state index >= 15 is 0 Å². The van der Waals surface area contributed by atoms with Gasteiger partial charge in [0.2, 0.25) is 0 Å². The lowest BCUT2D eigenvalue weighted by atomic mass is 9.80. The summed E-state index contributed by atoms with van der Waals surface area (Å²) in [5.74, 6) is 0.714. The van der Waals surface area contributed by atoms with E-state index in [1.165, 1.54) is 10.8 Å². The van der Waals surface area contributed by atoms with Crippen LogP contribution in [0, 0.1) is 6.92 Å². The average Bonchev–Trinajstić information content (AvgIpc) is 3.39. The third-order valence-corrected chi connectivity index (χ3v) is 7.18. The Morgan fingerprint density at radius 1 is 1.00 bits per heavy atom. The number of aromatic amines is 1. The predicted octanol–water partition coefficient (Wildman–Crippen LogP) is 4.83. The Morgan fingerprint density at radius 3 is 2.17 bits per heavy atom. The summed E-state index contributed by atoms with van der Waals surface area (Å²) in [6.45, 7) is 1.66. The number of rotatable bonds is 9. The highest BCUT2D eigenvalue weighted by molar-refractivity contribution is 5.48. The third kappa shape index (κ3) is 5.15. The van der Waals surface area contributed by atoms with E-state index in [4.69, 9.17) is 14.2 Å². The molecule has 1 N–H and O–H groups in total. The van der Waals surface area contributed by atoms with Crippen molar-refractivity contribution in [3.63, 3.8) is 0 Å². The Balaban J connectivity index is 1.56. The molecule has 10 nitrogen and oxygen atoms in total. The maximum absolute atomic E-state index is 12.6. The molecule has 0 bridgehead atoms. The summed E-state index contributed by atoms with van der Waals surface area (Å²) in [7, 11) is 1.62. The third-order valence-electron chi connectivity index (χ3n) is 7.18. The van der Waals surface area contributed by atoms with Gasteiger partial charge in [-0.05, 0) is 41.3 Å². The molecule has 3 aromatic carbocycles. The SMILES string of the molecule is COc1ccc(C(OC[C@@H]2O[C@@H](n3cc(C)c(=O)[nH]c3=O)C[C@H]2N=[N+]=[N-])(c2ccccc2)c2ccccc2)cc1. The smallest absolute Gasteiger partial charge is 0.330 e. The molecule has 5 rings (SSSR count). The van der Waals surface area contributed by atoms with E-state index in [2.05, 4.69) is 15.0 Å². The van der Waals surface area contributed by atoms with E-state index in [0.717, 1.165) is 16.7 Å². The van der Waals surface area contributed by atoms with Crippen LogP contribution in [0.4, 0.5) is 0 Å². The van der Waals surface area contributed by atoms with E-state index < -0.39 is 35.2 Å². The van der Waals surface area contributed by atoms with Crippen molar-refractivity contribution in [3.05, 3.63) is 145 Å². The molecule has 1 aromatic heterocycles. The Hall–Kier alpha value is -4.63. The maximum Gasteiger partial charge on any atom is 0.330 e. The van der Waals surface area contributed by atoms with Crippen LogP contribution in [0.5, 0.6) is 5.75 Å². The van der Waals surface area contributed by atoms with Crippen LogP contribution < -0.4 is 16.0 Å². The summed E-state index contributed by atoms with van der Waals surface area (Å²) >= 11 is 0. The Morgan fingerprint density at radius 2 is 1.60 bits per heavy atom. The van der Waals surface area contributed by atoms with Gasteiger partial charge in [0.1, 0.15) is 17.6 Å². The zero-order valence-corrected chi connectivity index (χ0v) is 22.1. The lowest BCUT2D eigenvalue weighted by Crippen LogP contribution is -2.38. The first-order chi connectivity index (χ1) is 19.5. The quantitative estimate of drug-likeness (QED) is 0.141. The average molecular weight is 540 g/mol. The second-order valence-electron chi connectivity index (χ2n) is 9.57. The first-order valence-electron chi connectivity index (χ1n) is 12.9. The lowest BCUT2D eigenvalue weighted by molar-refractivity contribution is -0.0796. The molecule has 1 fully saturated rings. The molecule has 1 saturated heterocycles. The second-order valence-corrected chi connectivity index (χ2v) is 9.57. The number of aromatic nitrogens is 2. The molecule has 0 amide bonds. The summed E-state index contributed by atoms with van der Waals surface area (Å²) in [5, 5.41) is 3.96. The van der Waals surface area contributed by atoms with Crippen LogP contribution >= 0.6 is 0 Å². The Bertz CT molecular complexity index is 1570. The van der Waals surface area contributed by atoms with E-state index in [1.54, 1.807) is 14.0 Å². The topological polar surface area (TPSA) is 131 Å². The highest BCUT2D eigenvalue weighted by atomic mass is 16.6. The summed E-state index contributed by atoms with van der Waals surface area (Å²) in [6, 6.07) is 26.8. The largest absolute Gasteiger partial charge is 0.497 e. The fourth-order valence-electron chi connectivity index (χ4n) is 5.15. The molecule has 0 unspecified atom stereocenters. The van der Waals surface area contributed by atoms with Gasteiger partial charge in [-0.2, -0.15) is 0 Å². The van der Waals surface area contributed by atoms with Gasteiger partial charge in [-0.1, -0.05) is 77.9 Å². The van der Waals surface area contributed by atoms with Gasteiger partial charge in [-0.3, -0.25) is 14.3 Å². The van der Waals surface area contributed by atoms with Crippen LogP contribution in [0.1, 0.15) is 34.9 Å². The Labute approximate surface area is 230 Å². The summed E-state index contributed by atoms with van der Waals surface area (Å²) in [6.07, 6.45) is 0.300. The van der Waals surface area contributed by atoms with Gasteiger partial charge >= 0.3 is 5.69 Å². The van der Waals surface area contributed by atoms with Crippen molar-refractivity contribution >= 4 is 0 Å². The van der Waals surface area contributed by atoms with Crippen molar-refractivity contribution in [1.82, 2.24) is 9.55 Å². The first-order valence-corrected chi connectivity index (χ1v) is 12.9. The van der Waals surface area contributed by atoms with E-state index in [0.29, 0.717) is 11.3 Å². The van der Waals surface area contributed by atoms with Crippen molar-refractivity contribution < 1.29 is 14.2 Å². The minimum Gasteiger partial charge on any atom is -0.497 e. The second kappa shape index (κ2) is 11.6. The number of azide groups is 1. The number of nitrogens with one attached hydrogen (secondary N) is 1. The fourth-order valence-corrected chi connectivity index (χ4v) is 5.15. The van der Waals surface area contributed by atoms with Crippen LogP contribution in [0.15, 0.2) is 106 Å². The molecule has 10 heteroatoms. The van der Waals surface area contributed by atoms with Crippen molar-refractivity contribution in [2.24, 2.45) is 5.11 Å². The molecule has 204 valence electrons. The normalized spacial score (nSPS) is 18.7. The predicted molar refractivity (Wildman–Crippen MR) is 149 cm³/mol. The van der Waals surface area contributed by atoms with E-state index in [-0.39, 0.29) is 13.0 Å². The molecule has 1 aliphatic rings. The van der Waals surface area contributed by atoms with Gasteiger partial charge < -0.3 is 14.2 Å². The van der Waals surface area contributed by atoms with Crippen LogP contribution in [-0.4, -0.2) is 35.4 Å². The van der Waals surface area contributed by atoms with Gasteiger partial charge in [0, 0.05) is 23.1 Å². The van der Waals surface area contributed by atoms with Crippen LogP contribution in [0.2, 0.25) is 0 Å². The molecule has 2 heterocycles. The number of hydrogen-bond donors (Lipinski definition) is 1. The van der Waals surface area contributed by atoms with Gasteiger partial charge in [0.15, 0.2) is 0 Å². The molecule has 1 aliphatic heterocycles. The Kier molecular flexibility index (Phi) is 7.84. The van der Waals surface area contributed by atoms with Gasteiger partial charge in [0.05, 0.1) is 25.9 Å². The van der Waals surface area contributed by atoms with Gasteiger partial charge in [0.25, 0.3) is 5.56 Å². The molecule has 4 aromatic rings. The summed E-state index contributed by atoms with van der Waals surface area (Å²) in [4.78, 5) is 29.8. The molecule has 40 heavy (non-hydrogen) atoms. The maximum atomic E-state index is 12.6. The minimum absolute atomic E-state index is 0.0487. The highest BCUT2D eigenvalue weighted by Crippen LogP contribution is 2.42. The number of aryl methyl sites for hydroxylation is 1. The molecular formula is C30H29N5O5. The molecular weight excluding hydrogens is 510 g/mol. The zero-order valence-electron chi connectivity index (χ0n) is 22.1. The zero-order chi connectivity index (χ0) is 28.1. The number of ether oxygens (including phenoxy) is 3. The van der Waals surface area contributed by atoms with Crippen LogP contribution in [-0.2, 0) is 15.1 Å². The number of H-pyrrole nitrogens is 1. The van der Waals surface area contributed by atoms with E-state index in [9.17, 15) is 15.1 Å². The van der Waals surface area contributed by atoms with Gasteiger partial charge in [-0.15, -0.1) is 0 Å². The number of benzene rings is 3. The fraction of sp³-hybridized carbons (Fsp3) is 0.267. The standard InChI is InChI=1S/C30H29N5O5/c1-20-18-35(29(37)32-28(20)36)27-17-25(33-34-31)26(40-27)19-39-30(21-9-5-3-6-10-21,22-11-7-4-8-12-22)23-13-15-24(38-2)16-14-23/h3-16,18,25-27H,17,19H2,1-2H3,(H,32,36,37)/t25-,26+,27-/m1/s1. The van der Waals surface area contributed by atoms with Crippen molar-refractivity contribution in [1.29, 1.82) is 0 Å². The number of nitrogens with zero attached hydrogens (tertiary/aromatic N) is 4. The molecule has 3 atom stereocenters.